The van der Waals surface area contributed by atoms with E-state index in [0.29, 0.717) is 6.42 Å². The zero-order chi connectivity index (χ0) is 14.2. The zero-order valence-electron chi connectivity index (χ0n) is 11.9. The van der Waals surface area contributed by atoms with Gasteiger partial charge in [-0.1, -0.05) is 12.1 Å². The average Bonchev–Trinajstić information content (AvgIpc) is 2.33. The Labute approximate surface area is 113 Å². The number of carbonyl (C=O) groups is 1. The van der Waals surface area contributed by atoms with E-state index in [4.69, 9.17) is 5.11 Å². The lowest BCUT2D eigenvalue weighted by atomic mass is 9.94. The van der Waals surface area contributed by atoms with Crippen LogP contribution in [0.15, 0.2) is 12.1 Å². The summed E-state index contributed by atoms with van der Waals surface area (Å²) in [4.78, 5) is 15.4. The van der Waals surface area contributed by atoms with Crippen LogP contribution < -0.4 is 0 Å². The van der Waals surface area contributed by atoms with Crippen molar-refractivity contribution in [3.63, 3.8) is 0 Å². The minimum absolute atomic E-state index is 0.153. The molecule has 0 aliphatic heterocycles. The van der Waals surface area contributed by atoms with Gasteiger partial charge in [0.15, 0.2) is 0 Å². The van der Waals surface area contributed by atoms with Crippen molar-refractivity contribution in [3.05, 3.63) is 40.1 Å². The average molecular weight is 257 g/mol. The van der Waals surface area contributed by atoms with Crippen LogP contribution in [0.4, 0.5) is 0 Å². The molecule has 0 saturated heterocycles. The first-order chi connectivity index (χ1) is 8.91. The summed E-state index contributed by atoms with van der Waals surface area (Å²) in [5.41, 5.74) is 6.58. The molecule has 0 aliphatic carbocycles. The van der Waals surface area contributed by atoms with Gasteiger partial charge in [0.05, 0.1) is 5.52 Å². The first-order valence-corrected chi connectivity index (χ1v) is 6.49. The molecule has 2 rings (SSSR count). The van der Waals surface area contributed by atoms with Gasteiger partial charge in [0, 0.05) is 17.5 Å². The Hall–Kier alpha value is -1.90. The lowest BCUT2D eigenvalue weighted by Gasteiger charge is -2.15. The summed E-state index contributed by atoms with van der Waals surface area (Å²) in [5, 5.41) is 10.0. The summed E-state index contributed by atoms with van der Waals surface area (Å²) < 4.78 is 0. The summed E-state index contributed by atoms with van der Waals surface area (Å²) >= 11 is 0. The third-order valence-corrected chi connectivity index (χ3v) is 3.72. The van der Waals surface area contributed by atoms with Crippen molar-refractivity contribution in [1.29, 1.82) is 0 Å². The van der Waals surface area contributed by atoms with Gasteiger partial charge in [0.25, 0.3) is 0 Å². The van der Waals surface area contributed by atoms with E-state index in [1.807, 2.05) is 6.92 Å². The third-order valence-electron chi connectivity index (χ3n) is 3.72. The second-order valence-electron chi connectivity index (χ2n) is 5.12. The zero-order valence-corrected chi connectivity index (χ0v) is 11.9. The summed E-state index contributed by atoms with van der Waals surface area (Å²) in [5.74, 6) is -0.764. The molecule has 2 aromatic rings. The van der Waals surface area contributed by atoms with Crippen LogP contribution in [0.2, 0.25) is 0 Å². The molecule has 0 spiro atoms. The number of hydrogen-bond acceptors (Lipinski definition) is 2. The van der Waals surface area contributed by atoms with Gasteiger partial charge < -0.3 is 5.11 Å². The van der Waals surface area contributed by atoms with E-state index in [9.17, 15) is 4.79 Å². The van der Waals surface area contributed by atoms with Crippen LogP contribution in [-0.2, 0) is 11.2 Å². The fourth-order valence-electron chi connectivity index (χ4n) is 2.67. The van der Waals surface area contributed by atoms with Gasteiger partial charge in [0.2, 0.25) is 0 Å². The number of aromatic nitrogens is 1. The molecule has 0 unspecified atom stereocenters. The van der Waals surface area contributed by atoms with Gasteiger partial charge in [-0.15, -0.1) is 0 Å². The maximum atomic E-state index is 10.8. The highest BCUT2D eigenvalue weighted by Gasteiger charge is 2.13. The quantitative estimate of drug-likeness (QED) is 0.915. The Morgan fingerprint density at radius 1 is 1.16 bits per heavy atom. The van der Waals surface area contributed by atoms with Crippen LogP contribution in [0, 0.1) is 27.7 Å². The molecule has 3 heteroatoms. The molecule has 100 valence electrons. The van der Waals surface area contributed by atoms with Gasteiger partial charge in [-0.2, -0.15) is 0 Å². The number of hydrogen-bond donors (Lipinski definition) is 1. The minimum Gasteiger partial charge on any atom is -0.481 e. The molecule has 0 radical (unpaired) electrons. The van der Waals surface area contributed by atoms with Crippen molar-refractivity contribution in [2.75, 3.05) is 0 Å². The van der Waals surface area contributed by atoms with Crippen LogP contribution in [0.25, 0.3) is 10.9 Å². The lowest BCUT2D eigenvalue weighted by molar-refractivity contribution is -0.136. The Morgan fingerprint density at radius 3 is 2.42 bits per heavy atom. The third kappa shape index (κ3) is 2.46. The van der Waals surface area contributed by atoms with Gasteiger partial charge in [0.1, 0.15) is 0 Å². The number of benzene rings is 1. The molecule has 1 aromatic carbocycles. The number of nitrogens with zero attached hydrogens (tertiary/aromatic N) is 1. The highest BCUT2D eigenvalue weighted by Crippen LogP contribution is 2.28. The molecule has 0 saturated carbocycles. The maximum absolute atomic E-state index is 10.8. The van der Waals surface area contributed by atoms with E-state index in [0.717, 1.165) is 22.3 Å². The number of aryl methyl sites for hydroxylation is 4. The number of pyridine rings is 1. The van der Waals surface area contributed by atoms with Gasteiger partial charge in [-0.25, -0.2) is 0 Å². The number of carboxylic acid groups (broad SMARTS) is 1. The molecule has 1 heterocycles. The molecule has 3 nitrogen and oxygen atoms in total. The number of fused-ring (bicyclic) bond motifs is 1. The first-order valence-electron chi connectivity index (χ1n) is 6.49. The van der Waals surface area contributed by atoms with E-state index in [1.54, 1.807) is 0 Å². The largest absolute Gasteiger partial charge is 0.481 e. The maximum Gasteiger partial charge on any atom is 0.303 e. The van der Waals surface area contributed by atoms with Crippen LogP contribution >= 0.6 is 0 Å². The smallest absolute Gasteiger partial charge is 0.303 e. The number of aliphatic carboxylic acids is 1. The molecule has 0 fully saturated rings. The lowest BCUT2D eigenvalue weighted by Crippen LogP contribution is -2.04. The monoisotopic (exact) mass is 257 g/mol. The van der Waals surface area contributed by atoms with Gasteiger partial charge in [-0.3, -0.25) is 9.78 Å². The van der Waals surface area contributed by atoms with E-state index in [-0.39, 0.29) is 6.42 Å². The Balaban J connectivity index is 2.67. The van der Waals surface area contributed by atoms with Gasteiger partial charge >= 0.3 is 5.97 Å². The van der Waals surface area contributed by atoms with Crippen molar-refractivity contribution in [2.45, 2.75) is 40.5 Å². The molecule has 19 heavy (non-hydrogen) atoms. The minimum atomic E-state index is -0.764. The summed E-state index contributed by atoms with van der Waals surface area (Å²) in [6.45, 7) is 8.17. The topological polar surface area (TPSA) is 50.2 Å². The van der Waals surface area contributed by atoms with Crippen molar-refractivity contribution >= 4 is 16.9 Å². The first kappa shape index (κ1) is 13.5. The normalized spacial score (nSPS) is 10.9. The Morgan fingerprint density at radius 2 is 1.79 bits per heavy atom. The molecule has 1 N–H and O–H groups in total. The Kier molecular flexibility index (Phi) is 3.56. The van der Waals surface area contributed by atoms with Crippen LogP contribution in [-0.4, -0.2) is 16.1 Å². The van der Waals surface area contributed by atoms with E-state index < -0.39 is 5.97 Å². The number of rotatable bonds is 3. The van der Waals surface area contributed by atoms with Crippen LogP contribution in [0.3, 0.4) is 0 Å². The number of carboxylic acids is 1. The predicted molar refractivity (Wildman–Crippen MR) is 76.6 cm³/mol. The van der Waals surface area contributed by atoms with Crippen LogP contribution in [0.1, 0.15) is 34.4 Å². The fourth-order valence-corrected chi connectivity index (χ4v) is 2.67. The van der Waals surface area contributed by atoms with E-state index in [1.165, 1.54) is 16.5 Å². The second kappa shape index (κ2) is 5.00. The highest BCUT2D eigenvalue weighted by atomic mass is 16.4. The van der Waals surface area contributed by atoms with Crippen molar-refractivity contribution < 1.29 is 9.90 Å². The van der Waals surface area contributed by atoms with Crippen molar-refractivity contribution in [2.24, 2.45) is 0 Å². The highest BCUT2D eigenvalue weighted by molar-refractivity contribution is 5.89. The summed E-state index contributed by atoms with van der Waals surface area (Å²) in [6, 6.07) is 4.18. The van der Waals surface area contributed by atoms with Crippen molar-refractivity contribution in [1.82, 2.24) is 4.98 Å². The molecule has 0 atom stereocenters. The molecule has 0 bridgehead atoms. The molecular weight excluding hydrogens is 238 g/mol. The van der Waals surface area contributed by atoms with Gasteiger partial charge in [-0.05, 0) is 56.4 Å². The summed E-state index contributed by atoms with van der Waals surface area (Å²) in [6.07, 6.45) is 0.697. The standard InChI is InChI=1S/C16H19NO2/c1-9-5-6-10(2)16-15(9)11(3)13(12(4)17-16)7-8-14(18)19/h5-6H,7-8H2,1-4H3,(H,18,19). The second-order valence-corrected chi connectivity index (χ2v) is 5.12. The van der Waals surface area contributed by atoms with E-state index in [2.05, 4.69) is 37.9 Å². The SMILES string of the molecule is Cc1nc2c(C)ccc(C)c2c(C)c1CCC(=O)O. The molecule has 1 aromatic heterocycles. The molecule has 0 aliphatic rings. The fraction of sp³-hybridized carbons (Fsp3) is 0.375. The Bertz CT molecular complexity index is 660. The van der Waals surface area contributed by atoms with Crippen molar-refractivity contribution in [3.8, 4) is 0 Å². The molecular formula is C16H19NO2. The predicted octanol–water partition coefficient (Wildman–Crippen LogP) is 3.49. The summed E-state index contributed by atoms with van der Waals surface area (Å²) in [7, 11) is 0. The van der Waals surface area contributed by atoms with E-state index >= 15 is 0 Å². The molecule has 0 amide bonds. The van der Waals surface area contributed by atoms with Crippen LogP contribution in [0.5, 0.6) is 0 Å².